The average molecular weight is 341 g/mol. The van der Waals surface area contributed by atoms with Crippen LogP contribution in [-0.2, 0) is 18.5 Å². The van der Waals surface area contributed by atoms with Gasteiger partial charge in [-0.15, -0.1) is 0 Å². The molecule has 0 aromatic rings. The molecule has 0 unspecified atom stereocenters. The van der Waals surface area contributed by atoms with Crippen molar-refractivity contribution in [2.75, 3.05) is 25.6 Å². The van der Waals surface area contributed by atoms with Crippen molar-refractivity contribution in [3.8, 4) is 0 Å². The van der Waals surface area contributed by atoms with Gasteiger partial charge >= 0.3 is 0 Å². The first kappa shape index (κ1) is 19.2. The molecule has 0 aromatic heterocycles. The predicted molar refractivity (Wildman–Crippen MR) is 86.3 cm³/mol. The number of hydrogen-bond donors (Lipinski definition) is 0. The first-order valence-electron chi connectivity index (χ1n) is 7.76. The van der Waals surface area contributed by atoms with Crippen molar-refractivity contribution < 1.29 is 17.9 Å². The molecule has 0 bridgehead atoms. The Morgan fingerprint density at radius 1 is 1.05 bits per heavy atom. The van der Waals surface area contributed by atoms with Gasteiger partial charge < -0.3 is 9.47 Å². The molecule has 1 fully saturated rings. The molecule has 0 spiro atoms. The maximum atomic E-state index is 11.5. The topological polar surface area (TPSA) is 52.6 Å². The third kappa shape index (κ3) is 9.01. The van der Waals surface area contributed by atoms with Gasteiger partial charge in [0.05, 0.1) is 31.2 Å². The Balaban J connectivity index is 2.49. The molecule has 126 valence electrons. The van der Waals surface area contributed by atoms with Crippen molar-refractivity contribution in [3.05, 3.63) is 0 Å². The summed E-state index contributed by atoms with van der Waals surface area (Å²) in [5.41, 5.74) is -0.498. The van der Waals surface area contributed by atoms with Gasteiger partial charge in [-0.05, 0) is 33.6 Å². The maximum Gasteiger partial charge on any atom is 0.233 e. The molecule has 4 nitrogen and oxygen atoms in total. The lowest BCUT2D eigenvalue weighted by Gasteiger charge is -2.31. The van der Waals surface area contributed by atoms with Crippen molar-refractivity contribution in [2.24, 2.45) is 5.41 Å². The summed E-state index contributed by atoms with van der Waals surface area (Å²) in [6, 6.07) is 0. The third-order valence-electron chi connectivity index (χ3n) is 3.81. The van der Waals surface area contributed by atoms with Crippen LogP contribution in [0.3, 0.4) is 0 Å². The Hall–Kier alpha value is 0.160. The first-order chi connectivity index (χ1) is 9.62. The molecule has 0 atom stereocenters. The van der Waals surface area contributed by atoms with Crippen LogP contribution in [0.5, 0.6) is 0 Å². The Morgan fingerprint density at radius 3 is 2.10 bits per heavy atom. The summed E-state index contributed by atoms with van der Waals surface area (Å²) in [4.78, 5) is 0. The molecule has 1 aliphatic rings. The van der Waals surface area contributed by atoms with Crippen molar-refractivity contribution in [2.45, 2.75) is 64.9 Å². The standard InChI is InChI=1S/C15H29ClO4S/c1-14(2,3)20-11-10-19-12-15(13-21(16,17)18)8-6-4-5-7-9-15/h4-13H2,1-3H3. The van der Waals surface area contributed by atoms with Crippen LogP contribution in [-0.4, -0.2) is 39.6 Å². The number of hydrogen-bond acceptors (Lipinski definition) is 4. The van der Waals surface area contributed by atoms with Crippen LogP contribution in [0.25, 0.3) is 0 Å². The van der Waals surface area contributed by atoms with Gasteiger partial charge in [-0.3, -0.25) is 0 Å². The molecule has 0 heterocycles. The quantitative estimate of drug-likeness (QED) is 0.402. The van der Waals surface area contributed by atoms with Crippen molar-refractivity contribution in [1.82, 2.24) is 0 Å². The molecule has 6 heteroatoms. The zero-order chi connectivity index (χ0) is 16.0. The molecule has 0 aliphatic heterocycles. The number of ether oxygens (including phenoxy) is 2. The fourth-order valence-corrected chi connectivity index (χ4v) is 4.67. The average Bonchev–Trinajstić information content (AvgIpc) is 2.51. The minimum atomic E-state index is -3.50. The molecular formula is C15H29ClO4S. The Bertz CT molecular complexity index is 392. The Kier molecular flexibility index (Phi) is 7.44. The SMILES string of the molecule is CC(C)(C)OCCOCC1(CS(=O)(=O)Cl)CCCCCC1. The second-order valence-electron chi connectivity index (χ2n) is 7.11. The van der Waals surface area contributed by atoms with E-state index in [9.17, 15) is 8.42 Å². The lowest BCUT2D eigenvalue weighted by molar-refractivity contribution is -0.0481. The van der Waals surface area contributed by atoms with Crippen LogP contribution in [0.15, 0.2) is 0 Å². The largest absolute Gasteiger partial charge is 0.378 e. The molecular weight excluding hydrogens is 312 g/mol. The third-order valence-corrected chi connectivity index (χ3v) is 5.10. The summed E-state index contributed by atoms with van der Waals surface area (Å²) in [6.07, 6.45) is 6.18. The van der Waals surface area contributed by atoms with E-state index >= 15 is 0 Å². The van der Waals surface area contributed by atoms with Gasteiger partial charge in [0.1, 0.15) is 0 Å². The first-order valence-corrected chi connectivity index (χ1v) is 10.2. The fourth-order valence-electron chi connectivity index (χ4n) is 2.87. The molecule has 0 saturated heterocycles. The summed E-state index contributed by atoms with van der Waals surface area (Å²) in [5.74, 6) is 0.0156. The normalized spacial score (nSPS) is 20.2. The lowest BCUT2D eigenvalue weighted by Crippen LogP contribution is -2.34. The van der Waals surface area contributed by atoms with E-state index in [0.717, 1.165) is 38.5 Å². The van der Waals surface area contributed by atoms with Crippen molar-refractivity contribution >= 4 is 19.7 Å². The highest BCUT2D eigenvalue weighted by Crippen LogP contribution is 2.37. The molecule has 0 N–H and O–H groups in total. The molecule has 1 rings (SSSR count). The highest BCUT2D eigenvalue weighted by molar-refractivity contribution is 8.13. The zero-order valence-electron chi connectivity index (χ0n) is 13.5. The highest BCUT2D eigenvalue weighted by atomic mass is 35.7. The van der Waals surface area contributed by atoms with E-state index in [0.29, 0.717) is 19.8 Å². The second-order valence-corrected chi connectivity index (χ2v) is 9.89. The maximum absolute atomic E-state index is 11.5. The minimum absolute atomic E-state index is 0.0156. The monoisotopic (exact) mass is 340 g/mol. The molecule has 0 radical (unpaired) electrons. The Labute approximate surface area is 134 Å². The van der Waals surface area contributed by atoms with Crippen LogP contribution < -0.4 is 0 Å². The van der Waals surface area contributed by atoms with Crippen molar-refractivity contribution in [3.63, 3.8) is 0 Å². The summed E-state index contributed by atoms with van der Waals surface area (Å²) < 4.78 is 34.4. The molecule has 1 saturated carbocycles. The van der Waals surface area contributed by atoms with E-state index in [1.54, 1.807) is 0 Å². The van der Waals surface area contributed by atoms with Crippen LogP contribution in [0.2, 0.25) is 0 Å². The van der Waals surface area contributed by atoms with E-state index in [2.05, 4.69) is 0 Å². The zero-order valence-corrected chi connectivity index (χ0v) is 15.1. The van der Waals surface area contributed by atoms with Crippen LogP contribution in [0, 0.1) is 5.41 Å². The van der Waals surface area contributed by atoms with Crippen LogP contribution >= 0.6 is 10.7 Å². The van der Waals surface area contributed by atoms with Crippen LogP contribution in [0.1, 0.15) is 59.3 Å². The summed E-state index contributed by atoms with van der Waals surface area (Å²) in [6.45, 7) is 7.46. The van der Waals surface area contributed by atoms with Gasteiger partial charge in [-0.2, -0.15) is 0 Å². The summed E-state index contributed by atoms with van der Waals surface area (Å²) in [7, 11) is 2.00. The number of halogens is 1. The van der Waals surface area contributed by atoms with Gasteiger partial charge in [0.25, 0.3) is 0 Å². The van der Waals surface area contributed by atoms with Gasteiger partial charge in [-0.25, -0.2) is 8.42 Å². The summed E-state index contributed by atoms with van der Waals surface area (Å²) in [5, 5.41) is 0. The Morgan fingerprint density at radius 2 is 1.62 bits per heavy atom. The lowest BCUT2D eigenvalue weighted by atomic mass is 9.83. The highest BCUT2D eigenvalue weighted by Gasteiger charge is 2.35. The fraction of sp³-hybridized carbons (Fsp3) is 1.00. The van der Waals surface area contributed by atoms with E-state index in [1.165, 1.54) is 0 Å². The van der Waals surface area contributed by atoms with Gasteiger partial charge in [0.15, 0.2) is 0 Å². The van der Waals surface area contributed by atoms with E-state index in [-0.39, 0.29) is 16.8 Å². The molecule has 1 aliphatic carbocycles. The number of rotatable bonds is 7. The summed E-state index contributed by atoms with van der Waals surface area (Å²) >= 11 is 0. The smallest absolute Gasteiger partial charge is 0.233 e. The van der Waals surface area contributed by atoms with Gasteiger partial charge in [-0.1, -0.05) is 25.7 Å². The van der Waals surface area contributed by atoms with Gasteiger partial charge in [0, 0.05) is 16.1 Å². The van der Waals surface area contributed by atoms with Gasteiger partial charge in [0.2, 0.25) is 9.05 Å². The molecule has 0 aromatic carbocycles. The van der Waals surface area contributed by atoms with E-state index < -0.39 is 9.05 Å². The van der Waals surface area contributed by atoms with Crippen LogP contribution in [0.4, 0.5) is 0 Å². The van der Waals surface area contributed by atoms with Crippen molar-refractivity contribution in [1.29, 1.82) is 0 Å². The van der Waals surface area contributed by atoms with E-state index in [1.807, 2.05) is 20.8 Å². The molecule has 0 amide bonds. The molecule has 21 heavy (non-hydrogen) atoms. The second kappa shape index (κ2) is 8.14. The van der Waals surface area contributed by atoms with E-state index in [4.69, 9.17) is 20.2 Å². The minimum Gasteiger partial charge on any atom is -0.378 e. The predicted octanol–water partition coefficient (Wildman–Crippen LogP) is 3.73.